The molecule has 0 saturated carbocycles. The number of ether oxygens (including phenoxy) is 14. The minimum absolute atomic E-state index is 0.0213. The van der Waals surface area contributed by atoms with Crippen molar-refractivity contribution in [2.75, 3.05) is 192 Å². The lowest BCUT2D eigenvalue weighted by Crippen LogP contribution is -2.32. The van der Waals surface area contributed by atoms with Crippen molar-refractivity contribution < 1.29 is 76.5 Å². The van der Waals surface area contributed by atoms with E-state index in [1.807, 2.05) is 30.3 Å². The van der Waals surface area contributed by atoms with Gasteiger partial charge in [-0.2, -0.15) is 0 Å². The van der Waals surface area contributed by atoms with Crippen LogP contribution in [0.2, 0.25) is 0 Å². The Morgan fingerprint density at radius 2 is 0.607 bits per heavy atom. The molecule has 1 atom stereocenters. The fraction of sp³-hybridized carbons (Fsp3) is 0.867. The minimum Gasteiger partial charge on any atom is -0.394 e. The van der Waals surface area contributed by atoms with Crippen LogP contribution in [-0.4, -0.2) is 202 Å². The maximum absolute atomic E-state index is 11.4. The molecular formula is C45H84O16. The third-order valence-electron chi connectivity index (χ3n) is 8.92. The Hall–Kier alpha value is -1.42. The molecule has 0 spiro atoms. The molecule has 0 amide bonds. The van der Waals surface area contributed by atoms with Gasteiger partial charge >= 0.3 is 0 Å². The predicted octanol–water partition coefficient (Wildman–Crippen LogP) is 4.24. The fourth-order valence-corrected chi connectivity index (χ4v) is 5.59. The van der Waals surface area contributed by atoms with Gasteiger partial charge in [0.05, 0.1) is 192 Å². The van der Waals surface area contributed by atoms with Crippen LogP contribution in [0.25, 0.3) is 0 Å². The summed E-state index contributed by atoms with van der Waals surface area (Å²) in [5.74, 6) is 0. The number of hydrogen-bond acceptors (Lipinski definition) is 16. The van der Waals surface area contributed by atoms with Crippen LogP contribution in [0.3, 0.4) is 0 Å². The van der Waals surface area contributed by atoms with Gasteiger partial charge in [0, 0.05) is 0 Å². The van der Waals surface area contributed by atoms with E-state index in [4.69, 9.17) is 71.4 Å². The lowest BCUT2D eigenvalue weighted by molar-refractivity contribution is -0.0716. The van der Waals surface area contributed by atoms with Crippen molar-refractivity contribution in [2.24, 2.45) is 0 Å². The van der Waals surface area contributed by atoms with E-state index in [-0.39, 0.29) is 13.2 Å². The predicted molar refractivity (Wildman–Crippen MR) is 232 cm³/mol. The molecular weight excluding hydrogens is 796 g/mol. The Morgan fingerprint density at radius 1 is 0.344 bits per heavy atom. The Bertz CT molecular complexity index is 968. The van der Waals surface area contributed by atoms with E-state index in [9.17, 15) is 5.11 Å². The van der Waals surface area contributed by atoms with E-state index in [2.05, 4.69) is 6.92 Å². The number of benzene rings is 1. The van der Waals surface area contributed by atoms with Gasteiger partial charge in [0.25, 0.3) is 0 Å². The zero-order chi connectivity index (χ0) is 43.7. The summed E-state index contributed by atoms with van der Waals surface area (Å²) in [5, 5.41) is 20.0. The third-order valence-corrected chi connectivity index (χ3v) is 8.92. The first-order valence-electron chi connectivity index (χ1n) is 22.7. The molecule has 0 bridgehead atoms. The average Bonchev–Trinajstić information content (AvgIpc) is 3.28. The van der Waals surface area contributed by atoms with Gasteiger partial charge in [-0.25, -0.2) is 0 Å². The van der Waals surface area contributed by atoms with Crippen LogP contribution in [0.1, 0.15) is 63.9 Å². The smallest absolute Gasteiger partial charge is 0.113 e. The van der Waals surface area contributed by atoms with Gasteiger partial charge in [0.15, 0.2) is 0 Å². The number of aliphatic hydroxyl groups is 2. The standard InChI is InChI=1S/C45H84O16/c1-2-3-4-5-6-7-11-14-45(47,44-12-9-8-10-13-44)43-61-42-41-60-40-39-59-38-37-58-36-35-57-34-33-56-32-31-55-30-29-54-28-27-53-26-25-52-24-23-51-22-21-50-20-19-49-18-17-48-16-15-46/h8-10,12-13,46-47H,2-7,11,14-43H2,1H3. The Balaban J connectivity index is 1.74. The van der Waals surface area contributed by atoms with Crippen molar-refractivity contribution in [1.82, 2.24) is 0 Å². The second-order valence-corrected chi connectivity index (χ2v) is 14.0. The summed E-state index contributed by atoms with van der Waals surface area (Å²) in [6, 6.07) is 9.85. The quantitative estimate of drug-likeness (QED) is 0.0891. The first-order chi connectivity index (χ1) is 30.2. The molecule has 1 aromatic carbocycles. The van der Waals surface area contributed by atoms with Crippen LogP contribution >= 0.6 is 0 Å². The van der Waals surface area contributed by atoms with Crippen LogP contribution < -0.4 is 0 Å². The topological polar surface area (TPSA) is 170 Å². The Morgan fingerprint density at radius 3 is 0.902 bits per heavy atom. The van der Waals surface area contributed by atoms with Crippen molar-refractivity contribution >= 4 is 0 Å². The zero-order valence-electron chi connectivity index (χ0n) is 37.7. The van der Waals surface area contributed by atoms with Gasteiger partial charge in [0.2, 0.25) is 0 Å². The van der Waals surface area contributed by atoms with Crippen molar-refractivity contribution in [3.63, 3.8) is 0 Å². The van der Waals surface area contributed by atoms with E-state index in [0.717, 1.165) is 18.4 Å². The van der Waals surface area contributed by atoms with E-state index in [1.165, 1.54) is 32.1 Å². The molecule has 0 fully saturated rings. The molecule has 0 aliphatic rings. The number of unbranched alkanes of at least 4 members (excludes halogenated alkanes) is 6. The molecule has 360 valence electrons. The molecule has 0 saturated heterocycles. The maximum Gasteiger partial charge on any atom is 0.113 e. The van der Waals surface area contributed by atoms with Gasteiger partial charge in [-0.1, -0.05) is 82.2 Å². The molecule has 0 aliphatic carbocycles. The van der Waals surface area contributed by atoms with Crippen LogP contribution in [0, 0.1) is 0 Å². The van der Waals surface area contributed by atoms with E-state index in [0.29, 0.717) is 185 Å². The summed E-state index contributed by atoms with van der Waals surface area (Å²) in [7, 11) is 0. The van der Waals surface area contributed by atoms with Gasteiger partial charge in [-0.3, -0.25) is 0 Å². The molecule has 16 nitrogen and oxygen atoms in total. The third kappa shape index (κ3) is 41.1. The summed E-state index contributed by atoms with van der Waals surface area (Å²) >= 11 is 0. The second-order valence-electron chi connectivity index (χ2n) is 14.0. The molecule has 2 N–H and O–H groups in total. The van der Waals surface area contributed by atoms with Crippen LogP contribution in [0.5, 0.6) is 0 Å². The molecule has 16 heteroatoms. The zero-order valence-corrected chi connectivity index (χ0v) is 37.7. The maximum atomic E-state index is 11.4. The second kappa shape index (κ2) is 48.0. The Labute approximate surface area is 367 Å². The molecule has 0 heterocycles. The molecule has 0 aliphatic heterocycles. The van der Waals surface area contributed by atoms with Gasteiger partial charge < -0.3 is 76.5 Å². The van der Waals surface area contributed by atoms with E-state index in [1.54, 1.807) is 0 Å². The highest BCUT2D eigenvalue weighted by molar-refractivity contribution is 5.22. The summed E-state index contributed by atoms with van der Waals surface area (Å²) in [6.45, 7) is 15.5. The largest absolute Gasteiger partial charge is 0.394 e. The molecule has 1 unspecified atom stereocenters. The highest BCUT2D eigenvalue weighted by atomic mass is 16.6. The van der Waals surface area contributed by atoms with Gasteiger partial charge in [0.1, 0.15) is 5.60 Å². The molecule has 1 aromatic rings. The molecule has 1 rings (SSSR count). The first-order valence-corrected chi connectivity index (χ1v) is 22.7. The van der Waals surface area contributed by atoms with Crippen molar-refractivity contribution in [3.05, 3.63) is 35.9 Å². The monoisotopic (exact) mass is 881 g/mol. The minimum atomic E-state index is -0.983. The van der Waals surface area contributed by atoms with Crippen LogP contribution in [0.4, 0.5) is 0 Å². The molecule has 61 heavy (non-hydrogen) atoms. The first kappa shape index (κ1) is 57.6. The van der Waals surface area contributed by atoms with E-state index >= 15 is 0 Å². The summed E-state index contributed by atoms with van der Waals surface area (Å²) < 4.78 is 77.0. The SMILES string of the molecule is CCCCCCCCCC(O)(COCCOCCOCCOCCOCCOCCOCCOCCOCCOCCOCCOCCOCCOCCO)c1ccccc1. The summed E-state index contributed by atoms with van der Waals surface area (Å²) in [4.78, 5) is 0. The van der Waals surface area contributed by atoms with Crippen LogP contribution in [0.15, 0.2) is 30.3 Å². The summed E-state index contributed by atoms with van der Waals surface area (Å²) in [6.07, 6.45) is 9.15. The van der Waals surface area contributed by atoms with Crippen molar-refractivity contribution in [1.29, 1.82) is 0 Å². The highest BCUT2D eigenvalue weighted by Gasteiger charge is 2.29. The van der Waals surface area contributed by atoms with Gasteiger partial charge in [-0.05, 0) is 12.0 Å². The van der Waals surface area contributed by atoms with Crippen molar-refractivity contribution in [2.45, 2.75) is 63.9 Å². The number of hydrogen-bond donors (Lipinski definition) is 2. The number of rotatable bonds is 52. The Kier molecular flexibility index (Phi) is 45.4. The van der Waals surface area contributed by atoms with Crippen LogP contribution in [-0.2, 0) is 71.9 Å². The van der Waals surface area contributed by atoms with Gasteiger partial charge in [-0.15, -0.1) is 0 Å². The molecule has 0 aromatic heterocycles. The lowest BCUT2D eigenvalue weighted by atomic mass is 9.89. The average molecular weight is 881 g/mol. The lowest BCUT2D eigenvalue weighted by Gasteiger charge is -2.29. The summed E-state index contributed by atoms with van der Waals surface area (Å²) in [5.41, 5.74) is -0.0761. The fourth-order valence-electron chi connectivity index (χ4n) is 5.59. The number of aliphatic hydroxyl groups excluding tert-OH is 1. The van der Waals surface area contributed by atoms with Crippen molar-refractivity contribution in [3.8, 4) is 0 Å². The van der Waals surface area contributed by atoms with E-state index < -0.39 is 5.60 Å². The highest BCUT2D eigenvalue weighted by Crippen LogP contribution is 2.28. The normalized spacial score (nSPS) is 12.7. The molecule has 0 radical (unpaired) electrons.